The molecule has 0 saturated heterocycles. The number of nitrogens with one attached hydrogen (secondary N) is 1. The minimum absolute atomic E-state index is 0.0271. The number of nitrogens with zero attached hydrogens (tertiary/aromatic N) is 1. The maximum absolute atomic E-state index is 12.2. The zero-order valence-electron chi connectivity index (χ0n) is 13.0. The number of benzene rings is 1. The van der Waals surface area contributed by atoms with Crippen LogP contribution in [-0.4, -0.2) is 23.0 Å². The van der Waals surface area contributed by atoms with Crippen molar-refractivity contribution in [2.24, 2.45) is 0 Å². The van der Waals surface area contributed by atoms with Gasteiger partial charge in [0.15, 0.2) is 0 Å². The molecule has 0 bridgehead atoms. The summed E-state index contributed by atoms with van der Waals surface area (Å²) in [6, 6.07) is 7.40. The van der Waals surface area contributed by atoms with Gasteiger partial charge in [0.05, 0.1) is 23.3 Å². The molecule has 2 aromatic heterocycles. The van der Waals surface area contributed by atoms with Gasteiger partial charge in [0.2, 0.25) is 0 Å². The number of fused-ring (bicyclic) bond motifs is 1. The van der Waals surface area contributed by atoms with Crippen LogP contribution in [0.4, 0.5) is 0 Å². The normalized spacial score (nSPS) is 11.2. The number of H-pyrrole nitrogens is 1. The molecule has 122 valence electrons. The highest BCUT2D eigenvalue weighted by atomic mass is 32.1. The number of aromatic carboxylic acids is 1. The van der Waals surface area contributed by atoms with Crippen molar-refractivity contribution in [2.75, 3.05) is 7.11 Å². The van der Waals surface area contributed by atoms with Crippen LogP contribution in [0.2, 0.25) is 0 Å². The van der Waals surface area contributed by atoms with Gasteiger partial charge in [0.25, 0.3) is 5.56 Å². The van der Waals surface area contributed by atoms with E-state index in [1.54, 1.807) is 26.2 Å². The molecule has 6 nitrogen and oxygen atoms in total. The summed E-state index contributed by atoms with van der Waals surface area (Å²) in [6.07, 6.45) is 3.46. The SMILES string of the molecule is COc1ccc(/C=C/c2nc3sc(C(=O)[O-])c(C)c3c(=O)[nH]2)cc1. The highest BCUT2D eigenvalue weighted by molar-refractivity contribution is 7.20. The third kappa shape index (κ3) is 2.93. The molecule has 3 rings (SSSR count). The first-order valence-electron chi connectivity index (χ1n) is 7.06. The lowest BCUT2D eigenvalue weighted by molar-refractivity contribution is -0.254. The number of methoxy groups -OCH3 is 1. The molecule has 0 spiro atoms. The van der Waals surface area contributed by atoms with Crippen molar-refractivity contribution >= 4 is 39.7 Å². The van der Waals surface area contributed by atoms with Crippen LogP contribution in [0.25, 0.3) is 22.4 Å². The van der Waals surface area contributed by atoms with Gasteiger partial charge in [-0.15, -0.1) is 11.3 Å². The highest BCUT2D eigenvalue weighted by Crippen LogP contribution is 2.26. The Morgan fingerprint density at radius 1 is 1.29 bits per heavy atom. The Labute approximate surface area is 141 Å². The largest absolute Gasteiger partial charge is 0.544 e. The molecule has 0 aliphatic carbocycles. The average Bonchev–Trinajstić information content (AvgIpc) is 2.91. The van der Waals surface area contributed by atoms with Gasteiger partial charge < -0.3 is 19.6 Å². The molecule has 0 unspecified atom stereocenters. The van der Waals surface area contributed by atoms with E-state index in [4.69, 9.17) is 4.74 Å². The van der Waals surface area contributed by atoms with Crippen LogP contribution in [0.3, 0.4) is 0 Å². The Bertz CT molecular complexity index is 1000. The van der Waals surface area contributed by atoms with Crippen LogP contribution in [0.5, 0.6) is 5.75 Å². The molecular formula is C17H13N2O4S-. The van der Waals surface area contributed by atoms with Gasteiger partial charge >= 0.3 is 0 Å². The van der Waals surface area contributed by atoms with E-state index in [1.807, 2.05) is 24.3 Å². The fraction of sp³-hybridized carbons (Fsp3) is 0.118. The minimum Gasteiger partial charge on any atom is -0.544 e. The second-order valence-corrected chi connectivity index (χ2v) is 6.08. The second-order valence-electron chi connectivity index (χ2n) is 5.08. The lowest BCUT2D eigenvalue weighted by Gasteiger charge is -1.99. The number of aryl methyl sites for hydroxylation is 1. The number of carbonyl (C=O) groups is 1. The first-order valence-corrected chi connectivity index (χ1v) is 7.88. The summed E-state index contributed by atoms with van der Waals surface area (Å²) in [5.74, 6) is -0.191. The Morgan fingerprint density at radius 3 is 2.62 bits per heavy atom. The molecule has 0 aliphatic heterocycles. The van der Waals surface area contributed by atoms with Gasteiger partial charge in [0.1, 0.15) is 16.4 Å². The van der Waals surface area contributed by atoms with Crippen LogP contribution >= 0.6 is 11.3 Å². The summed E-state index contributed by atoms with van der Waals surface area (Å²) in [4.78, 5) is 30.7. The van der Waals surface area contributed by atoms with Gasteiger partial charge in [-0.2, -0.15) is 0 Å². The van der Waals surface area contributed by atoms with E-state index < -0.39 is 5.97 Å². The third-order valence-electron chi connectivity index (χ3n) is 3.55. The highest BCUT2D eigenvalue weighted by Gasteiger charge is 2.14. The standard InChI is InChI=1S/C17H14N2O4S/c1-9-13-15(20)18-12(19-16(13)24-14(9)17(21)22)8-5-10-3-6-11(23-2)7-4-10/h3-8H,1-2H3,(H,21,22)(H,18,19,20)/p-1/b8-5+. The maximum atomic E-state index is 12.2. The van der Waals surface area contributed by atoms with Crippen molar-refractivity contribution in [3.8, 4) is 5.75 Å². The summed E-state index contributed by atoms with van der Waals surface area (Å²) in [5.41, 5.74) is 0.932. The lowest BCUT2D eigenvalue weighted by atomic mass is 10.2. The number of carboxylic acids is 1. The van der Waals surface area contributed by atoms with Gasteiger partial charge in [-0.25, -0.2) is 4.98 Å². The van der Waals surface area contributed by atoms with Gasteiger partial charge in [-0.3, -0.25) is 4.79 Å². The minimum atomic E-state index is -1.30. The zero-order chi connectivity index (χ0) is 17.3. The van der Waals surface area contributed by atoms with Crippen molar-refractivity contribution in [3.05, 3.63) is 56.4 Å². The van der Waals surface area contributed by atoms with Crippen LogP contribution in [0.15, 0.2) is 29.1 Å². The molecule has 0 radical (unpaired) electrons. The molecule has 0 aliphatic rings. The number of hydrogen-bond donors (Lipinski definition) is 1. The Hall–Kier alpha value is -2.93. The zero-order valence-corrected chi connectivity index (χ0v) is 13.8. The van der Waals surface area contributed by atoms with Crippen molar-refractivity contribution in [1.29, 1.82) is 0 Å². The number of carbonyl (C=O) groups excluding carboxylic acids is 1. The monoisotopic (exact) mass is 341 g/mol. The molecule has 2 heterocycles. The number of aromatic amines is 1. The predicted molar refractivity (Wildman–Crippen MR) is 91.2 cm³/mol. The number of hydrogen-bond acceptors (Lipinski definition) is 6. The van der Waals surface area contributed by atoms with E-state index >= 15 is 0 Å². The molecule has 1 aromatic carbocycles. The van der Waals surface area contributed by atoms with E-state index in [0.29, 0.717) is 21.6 Å². The Balaban J connectivity index is 1.99. The van der Waals surface area contributed by atoms with Crippen LogP contribution in [0, 0.1) is 6.92 Å². The number of carboxylic acid groups (broad SMARTS) is 1. The number of aromatic nitrogens is 2. The van der Waals surface area contributed by atoms with Crippen LogP contribution in [0.1, 0.15) is 26.6 Å². The molecule has 1 N–H and O–H groups in total. The summed E-state index contributed by atoms with van der Waals surface area (Å²) >= 11 is 0.943. The summed E-state index contributed by atoms with van der Waals surface area (Å²) in [7, 11) is 1.60. The summed E-state index contributed by atoms with van der Waals surface area (Å²) < 4.78 is 5.09. The van der Waals surface area contributed by atoms with E-state index in [1.165, 1.54) is 0 Å². The predicted octanol–water partition coefficient (Wildman–Crippen LogP) is 1.84. The van der Waals surface area contributed by atoms with E-state index in [2.05, 4.69) is 9.97 Å². The average molecular weight is 341 g/mol. The van der Waals surface area contributed by atoms with Gasteiger partial charge in [-0.1, -0.05) is 18.2 Å². The third-order valence-corrected chi connectivity index (χ3v) is 4.72. The van der Waals surface area contributed by atoms with E-state index in [9.17, 15) is 14.7 Å². The number of rotatable bonds is 4. The van der Waals surface area contributed by atoms with Crippen molar-refractivity contribution in [2.45, 2.75) is 6.92 Å². The van der Waals surface area contributed by atoms with Gasteiger partial charge in [-0.05, 0) is 36.3 Å². The van der Waals surface area contributed by atoms with Crippen molar-refractivity contribution < 1.29 is 14.6 Å². The van der Waals surface area contributed by atoms with E-state index in [-0.39, 0.29) is 10.4 Å². The molecule has 7 heteroatoms. The second kappa shape index (κ2) is 6.29. The quantitative estimate of drug-likeness (QED) is 0.781. The van der Waals surface area contributed by atoms with E-state index in [0.717, 1.165) is 22.6 Å². The topological polar surface area (TPSA) is 95.1 Å². The van der Waals surface area contributed by atoms with Crippen LogP contribution in [-0.2, 0) is 0 Å². The Morgan fingerprint density at radius 2 is 2.00 bits per heavy atom. The molecule has 3 aromatic rings. The number of ether oxygens (including phenoxy) is 1. The smallest absolute Gasteiger partial charge is 0.260 e. The lowest BCUT2D eigenvalue weighted by Crippen LogP contribution is -2.21. The fourth-order valence-electron chi connectivity index (χ4n) is 2.32. The molecule has 0 saturated carbocycles. The first kappa shape index (κ1) is 15.9. The van der Waals surface area contributed by atoms with Crippen LogP contribution < -0.4 is 15.4 Å². The molecule has 0 atom stereocenters. The van der Waals surface area contributed by atoms with Crippen molar-refractivity contribution in [3.63, 3.8) is 0 Å². The first-order chi connectivity index (χ1) is 11.5. The maximum Gasteiger partial charge on any atom is 0.260 e. The van der Waals surface area contributed by atoms with Crippen molar-refractivity contribution in [1.82, 2.24) is 9.97 Å². The molecule has 24 heavy (non-hydrogen) atoms. The summed E-state index contributed by atoms with van der Waals surface area (Å²) in [6.45, 7) is 1.58. The molecule has 0 amide bonds. The molecular weight excluding hydrogens is 328 g/mol. The molecule has 0 fully saturated rings. The number of thiophene rings is 1. The summed E-state index contributed by atoms with van der Waals surface area (Å²) in [5, 5.41) is 11.4. The Kier molecular flexibility index (Phi) is 4.18. The van der Waals surface area contributed by atoms with Gasteiger partial charge in [0, 0.05) is 0 Å². The fourth-order valence-corrected chi connectivity index (χ4v) is 3.35.